The topological polar surface area (TPSA) is 30.5 Å². The highest BCUT2D eigenvalue weighted by molar-refractivity contribution is 7.99. The van der Waals surface area contributed by atoms with Gasteiger partial charge in [-0.15, -0.1) is 0 Å². The highest BCUT2D eigenvalue weighted by Gasteiger charge is 2.42. The highest BCUT2D eigenvalue weighted by Crippen LogP contribution is 2.38. The van der Waals surface area contributed by atoms with Crippen LogP contribution in [0.1, 0.15) is 51.4 Å². The van der Waals surface area contributed by atoms with Crippen molar-refractivity contribution >= 4 is 11.8 Å². The van der Waals surface area contributed by atoms with E-state index in [2.05, 4.69) is 24.1 Å². The molecule has 21 heavy (non-hydrogen) atoms. The van der Waals surface area contributed by atoms with Crippen LogP contribution in [0, 0.1) is 5.92 Å². The molecule has 0 amide bonds. The first-order valence-corrected chi connectivity index (χ1v) is 9.87. The molecule has 0 aromatic heterocycles. The molecule has 0 bridgehead atoms. The largest absolute Gasteiger partial charge is 0.378 e. The van der Waals surface area contributed by atoms with Crippen molar-refractivity contribution < 1.29 is 9.47 Å². The van der Waals surface area contributed by atoms with E-state index < -0.39 is 0 Å². The number of thioether (sulfide) groups is 1. The van der Waals surface area contributed by atoms with Crippen molar-refractivity contribution in [1.29, 1.82) is 0 Å². The van der Waals surface area contributed by atoms with Crippen molar-refractivity contribution in [3.63, 3.8) is 0 Å². The van der Waals surface area contributed by atoms with Crippen molar-refractivity contribution in [3.05, 3.63) is 0 Å². The highest BCUT2D eigenvalue weighted by atomic mass is 32.2. The van der Waals surface area contributed by atoms with Gasteiger partial charge in [0.1, 0.15) is 0 Å². The van der Waals surface area contributed by atoms with Crippen LogP contribution in [-0.2, 0) is 9.47 Å². The van der Waals surface area contributed by atoms with E-state index in [4.69, 9.17) is 9.47 Å². The van der Waals surface area contributed by atoms with Crippen molar-refractivity contribution in [2.75, 3.05) is 32.6 Å². The molecular formula is C17H31NO2S. The summed E-state index contributed by atoms with van der Waals surface area (Å²) >= 11 is 2.22. The third-order valence-corrected chi connectivity index (χ3v) is 7.10. The fraction of sp³-hybridized carbons (Fsp3) is 1.00. The lowest BCUT2D eigenvalue weighted by Crippen LogP contribution is -2.47. The SMILES string of the molecule is CNC(CSC1CCCCC1)C1CCOC2(CCOC2)C1. The van der Waals surface area contributed by atoms with Gasteiger partial charge in [0.2, 0.25) is 0 Å². The minimum atomic E-state index is 0.0491. The maximum Gasteiger partial charge on any atom is 0.0939 e. The first-order chi connectivity index (χ1) is 10.3. The normalized spacial score (nSPS) is 36.1. The van der Waals surface area contributed by atoms with E-state index in [-0.39, 0.29) is 5.60 Å². The van der Waals surface area contributed by atoms with Crippen LogP contribution >= 0.6 is 11.8 Å². The third kappa shape index (κ3) is 4.15. The predicted molar refractivity (Wildman–Crippen MR) is 89.0 cm³/mol. The molecule has 122 valence electrons. The average Bonchev–Trinajstić information content (AvgIpc) is 2.97. The number of hydrogen-bond donors (Lipinski definition) is 1. The second-order valence-corrected chi connectivity index (χ2v) is 8.41. The third-order valence-electron chi connectivity index (χ3n) is 5.60. The van der Waals surface area contributed by atoms with Gasteiger partial charge in [-0.1, -0.05) is 19.3 Å². The zero-order chi connectivity index (χ0) is 14.5. The van der Waals surface area contributed by atoms with Crippen LogP contribution in [-0.4, -0.2) is 49.5 Å². The summed E-state index contributed by atoms with van der Waals surface area (Å²) in [5.74, 6) is 2.02. The number of nitrogens with one attached hydrogen (secondary N) is 1. The van der Waals surface area contributed by atoms with E-state index in [0.29, 0.717) is 6.04 Å². The Balaban J connectivity index is 1.50. The molecule has 2 saturated heterocycles. The van der Waals surface area contributed by atoms with Crippen LogP contribution in [0.5, 0.6) is 0 Å². The Morgan fingerprint density at radius 2 is 2.05 bits per heavy atom. The second-order valence-electron chi connectivity index (χ2n) is 7.08. The molecule has 1 aliphatic carbocycles. The molecule has 3 atom stereocenters. The van der Waals surface area contributed by atoms with Crippen molar-refractivity contribution in [3.8, 4) is 0 Å². The molecule has 1 N–H and O–H groups in total. The number of hydrogen-bond acceptors (Lipinski definition) is 4. The summed E-state index contributed by atoms with van der Waals surface area (Å²) < 4.78 is 11.7. The van der Waals surface area contributed by atoms with Gasteiger partial charge < -0.3 is 14.8 Å². The minimum Gasteiger partial charge on any atom is -0.378 e. The van der Waals surface area contributed by atoms with Crippen LogP contribution < -0.4 is 5.32 Å². The Kier molecular flexibility index (Phi) is 5.88. The van der Waals surface area contributed by atoms with Gasteiger partial charge in [0.15, 0.2) is 0 Å². The molecule has 2 aliphatic heterocycles. The van der Waals surface area contributed by atoms with E-state index >= 15 is 0 Å². The van der Waals surface area contributed by atoms with Gasteiger partial charge in [0, 0.05) is 36.7 Å². The van der Waals surface area contributed by atoms with E-state index in [1.165, 1.54) is 50.7 Å². The summed E-state index contributed by atoms with van der Waals surface area (Å²) in [4.78, 5) is 0. The molecule has 3 nitrogen and oxygen atoms in total. The molecule has 3 unspecified atom stereocenters. The van der Waals surface area contributed by atoms with Gasteiger partial charge in [-0.25, -0.2) is 0 Å². The lowest BCUT2D eigenvalue weighted by atomic mass is 9.81. The monoisotopic (exact) mass is 313 g/mol. The average molecular weight is 314 g/mol. The van der Waals surface area contributed by atoms with Gasteiger partial charge in [-0.2, -0.15) is 11.8 Å². The molecule has 2 heterocycles. The number of ether oxygens (including phenoxy) is 2. The fourth-order valence-corrected chi connectivity index (χ4v) is 5.78. The number of rotatable bonds is 5. The summed E-state index contributed by atoms with van der Waals surface area (Å²) in [5.41, 5.74) is 0.0491. The molecule has 4 heteroatoms. The zero-order valence-corrected chi connectivity index (χ0v) is 14.3. The fourth-order valence-electron chi connectivity index (χ4n) is 4.20. The van der Waals surface area contributed by atoms with E-state index in [1.54, 1.807) is 0 Å². The van der Waals surface area contributed by atoms with Crippen LogP contribution in [0.15, 0.2) is 0 Å². The summed E-state index contributed by atoms with van der Waals surface area (Å²) in [6.07, 6.45) is 10.7. The second kappa shape index (κ2) is 7.67. The summed E-state index contributed by atoms with van der Waals surface area (Å²) in [7, 11) is 2.14. The smallest absolute Gasteiger partial charge is 0.0939 e. The molecule has 0 aromatic carbocycles. The lowest BCUT2D eigenvalue weighted by molar-refractivity contribution is -0.101. The lowest BCUT2D eigenvalue weighted by Gasteiger charge is -2.40. The van der Waals surface area contributed by atoms with Crippen molar-refractivity contribution in [2.24, 2.45) is 5.92 Å². The molecule has 3 fully saturated rings. The summed E-state index contributed by atoms with van der Waals surface area (Å²) in [6, 6.07) is 0.637. The molecule has 1 saturated carbocycles. The van der Waals surface area contributed by atoms with E-state index in [1.807, 2.05) is 0 Å². The van der Waals surface area contributed by atoms with Crippen molar-refractivity contribution in [1.82, 2.24) is 5.32 Å². The van der Waals surface area contributed by atoms with Gasteiger partial charge in [0.05, 0.1) is 12.2 Å². The van der Waals surface area contributed by atoms with E-state index in [9.17, 15) is 0 Å². The van der Waals surface area contributed by atoms with Gasteiger partial charge >= 0.3 is 0 Å². The molecule has 0 radical (unpaired) electrons. The maximum atomic E-state index is 6.09. The Morgan fingerprint density at radius 3 is 2.76 bits per heavy atom. The van der Waals surface area contributed by atoms with Crippen LogP contribution in [0.25, 0.3) is 0 Å². The van der Waals surface area contributed by atoms with Crippen LogP contribution in [0.4, 0.5) is 0 Å². The predicted octanol–water partition coefficient (Wildman–Crippen LogP) is 3.23. The van der Waals surface area contributed by atoms with E-state index in [0.717, 1.165) is 37.4 Å². The Morgan fingerprint density at radius 1 is 1.19 bits per heavy atom. The first-order valence-electron chi connectivity index (χ1n) is 8.82. The summed E-state index contributed by atoms with van der Waals surface area (Å²) in [5, 5.41) is 4.52. The van der Waals surface area contributed by atoms with Gasteiger partial charge in [-0.3, -0.25) is 0 Å². The Bertz CT molecular complexity index is 314. The maximum absolute atomic E-state index is 6.09. The zero-order valence-electron chi connectivity index (χ0n) is 13.4. The van der Waals surface area contributed by atoms with Gasteiger partial charge in [-0.05, 0) is 38.6 Å². The Hall–Kier alpha value is 0.230. The van der Waals surface area contributed by atoms with Crippen LogP contribution in [0.2, 0.25) is 0 Å². The van der Waals surface area contributed by atoms with Crippen molar-refractivity contribution in [2.45, 2.75) is 68.3 Å². The molecule has 3 aliphatic rings. The Labute approximate surface area is 133 Å². The van der Waals surface area contributed by atoms with Crippen LogP contribution in [0.3, 0.4) is 0 Å². The minimum absolute atomic E-state index is 0.0491. The molecule has 3 rings (SSSR count). The molecule has 0 aromatic rings. The quantitative estimate of drug-likeness (QED) is 0.844. The summed E-state index contributed by atoms with van der Waals surface area (Å²) in [6.45, 7) is 2.61. The first kappa shape index (κ1) is 16.1. The molecular weight excluding hydrogens is 282 g/mol. The van der Waals surface area contributed by atoms with Gasteiger partial charge in [0.25, 0.3) is 0 Å². The molecule has 1 spiro atoms. The standard InChI is InChI=1S/C17H31NO2S/c1-18-16(12-21-15-5-3-2-4-6-15)14-7-9-20-17(11-14)8-10-19-13-17/h14-16,18H,2-13H2,1H3.